The predicted molar refractivity (Wildman–Crippen MR) is 70.4 cm³/mol. The average Bonchev–Trinajstić information content (AvgIpc) is 2.37. The quantitative estimate of drug-likeness (QED) is 0.809. The monoisotopic (exact) mass is 215 g/mol. The van der Waals surface area contributed by atoms with Crippen molar-refractivity contribution in [2.75, 3.05) is 6.54 Å². The maximum Gasteiger partial charge on any atom is 0.0140 e. The Bertz CT molecular complexity index is 309. The first-order chi connectivity index (χ1) is 7.95. The Morgan fingerprint density at radius 1 is 1.06 bits per heavy atom. The van der Waals surface area contributed by atoms with Gasteiger partial charge in [-0.2, -0.15) is 0 Å². The molecule has 0 aliphatic heterocycles. The van der Waals surface area contributed by atoms with Gasteiger partial charge in [0, 0.05) is 12.6 Å². The Labute approximate surface area is 98.6 Å². The van der Waals surface area contributed by atoms with Crippen LogP contribution in [0.5, 0.6) is 0 Å². The summed E-state index contributed by atoms with van der Waals surface area (Å²) in [5.41, 5.74) is 1.29. The van der Waals surface area contributed by atoms with Crippen LogP contribution in [0.3, 0.4) is 0 Å². The van der Waals surface area contributed by atoms with Gasteiger partial charge in [-0.25, -0.2) is 0 Å². The summed E-state index contributed by atoms with van der Waals surface area (Å²) >= 11 is 0. The fourth-order valence-electron chi connectivity index (χ4n) is 2.30. The van der Waals surface area contributed by atoms with E-state index in [1.54, 1.807) is 0 Å². The van der Waals surface area contributed by atoms with E-state index in [0.29, 0.717) is 0 Å². The van der Waals surface area contributed by atoms with Crippen LogP contribution >= 0.6 is 0 Å². The average molecular weight is 215 g/mol. The molecule has 0 heterocycles. The van der Waals surface area contributed by atoms with Crippen LogP contribution < -0.4 is 5.32 Å². The molecule has 0 atom stereocenters. The van der Waals surface area contributed by atoms with Gasteiger partial charge in [0.05, 0.1) is 0 Å². The Morgan fingerprint density at radius 3 is 2.56 bits per heavy atom. The molecule has 0 amide bonds. The first-order valence-corrected chi connectivity index (χ1v) is 6.40. The highest BCUT2D eigenvalue weighted by Crippen LogP contribution is 2.17. The first kappa shape index (κ1) is 11.4. The summed E-state index contributed by atoms with van der Waals surface area (Å²) in [7, 11) is 0. The van der Waals surface area contributed by atoms with Gasteiger partial charge in [0.25, 0.3) is 0 Å². The molecule has 1 aromatic rings. The molecule has 1 heteroatoms. The zero-order valence-corrected chi connectivity index (χ0v) is 9.86. The minimum atomic E-state index is 0.758. The van der Waals surface area contributed by atoms with Crippen molar-refractivity contribution in [1.82, 2.24) is 5.32 Å². The molecule has 0 bridgehead atoms. The van der Waals surface area contributed by atoms with Gasteiger partial charge in [-0.15, -0.1) is 0 Å². The molecule has 1 N–H and O–H groups in total. The van der Waals surface area contributed by atoms with Crippen LogP contribution in [0.25, 0.3) is 6.08 Å². The van der Waals surface area contributed by atoms with E-state index in [4.69, 9.17) is 0 Å². The largest absolute Gasteiger partial charge is 0.311 e. The summed E-state index contributed by atoms with van der Waals surface area (Å²) in [6, 6.07) is 11.2. The third-order valence-corrected chi connectivity index (χ3v) is 3.24. The van der Waals surface area contributed by atoms with Crippen molar-refractivity contribution in [2.24, 2.45) is 0 Å². The van der Waals surface area contributed by atoms with Crippen LogP contribution in [-0.2, 0) is 0 Å². The third-order valence-electron chi connectivity index (χ3n) is 3.24. The Kier molecular flexibility index (Phi) is 4.63. The highest BCUT2D eigenvalue weighted by molar-refractivity contribution is 5.48. The summed E-state index contributed by atoms with van der Waals surface area (Å²) in [4.78, 5) is 0. The van der Waals surface area contributed by atoms with E-state index in [-0.39, 0.29) is 0 Å². The summed E-state index contributed by atoms with van der Waals surface area (Å²) in [5, 5.41) is 3.61. The molecule has 0 unspecified atom stereocenters. The lowest BCUT2D eigenvalue weighted by Crippen LogP contribution is -2.30. The maximum absolute atomic E-state index is 3.61. The van der Waals surface area contributed by atoms with Crippen molar-refractivity contribution < 1.29 is 0 Å². The van der Waals surface area contributed by atoms with Crippen LogP contribution in [0.1, 0.15) is 37.7 Å². The van der Waals surface area contributed by atoms with Crippen LogP contribution in [0, 0.1) is 0 Å². The van der Waals surface area contributed by atoms with E-state index in [9.17, 15) is 0 Å². The standard InChI is InChI=1S/C15H21N/c1-3-8-14(9-4-1)10-7-13-16-15-11-5-2-6-12-15/h1,3-4,7-10,15-16H,2,5-6,11-13H2. The van der Waals surface area contributed by atoms with E-state index in [2.05, 4.69) is 47.8 Å². The fraction of sp³-hybridized carbons (Fsp3) is 0.467. The van der Waals surface area contributed by atoms with Crippen LogP contribution in [-0.4, -0.2) is 12.6 Å². The molecule has 86 valence electrons. The van der Waals surface area contributed by atoms with Crippen LogP contribution in [0.4, 0.5) is 0 Å². The van der Waals surface area contributed by atoms with Crippen molar-refractivity contribution in [3.05, 3.63) is 42.0 Å². The molecular weight excluding hydrogens is 194 g/mol. The SMILES string of the molecule is C(=Cc1ccccc1)CNC1CCCCC1. The van der Waals surface area contributed by atoms with Gasteiger partial charge in [-0.3, -0.25) is 0 Å². The highest BCUT2D eigenvalue weighted by Gasteiger charge is 2.10. The molecule has 0 radical (unpaired) electrons. The number of benzene rings is 1. The summed E-state index contributed by atoms with van der Waals surface area (Å²) in [5.74, 6) is 0. The smallest absolute Gasteiger partial charge is 0.0140 e. The number of hydrogen-bond acceptors (Lipinski definition) is 1. The van der Waals surface area contributed by atoms with Crippen LogP contribution in [0.15, 0.2) is 36.4 Å². The van der Waals surface area contributed by atoms with Gasteiger partial charge in [-0.1, -0.05) is 61.7 Å². The predicted octanol–water partition coefficient (Wildman–Crippen LogP) is 3.62. The van der Waals surface area contributed by atoms with Gasteiger partial charge in [-0.05, 0) is 18.4 Å². The van der Waals surface area contributed by atoms with Gasteiger partial charge < -0.3 is 5.32 Å². The molecule has 1 nitrogen and oxygen atoms in total. The van der Waals surface area contributed by atoms with Gasteiger partial charge in [0.15, 0.2) is 0 Å². The van der Waals surface area contributed by atoms with Gasteiger partial charge in [0.2, 0.25) is 0 Å². The molecule has 2 rings (SSSR count). The van der Waals surface area contributed by atoms with E-state index < -0.39 is 0 Å². The molecule has 0 spiro atoms. The number of rotatable bonds is 4. The molecule has 1 fully saturated rings. The Morgan fingerprint density at radius 2 is 1.81 bits per heavy atom. The lowest BCUT2D eigenvalue weighted by atomic mass is 9.95. The molecule has 0 saturated heterocycles. The molecule has 1 aromatic carbocycles. The molecular formula is C15H21N. The van der Waals surface area contributed by atoms with Crippen molar-refractivity contribution in [1.29, 1.82) is 0 Å². The second kappa shape index (κ2) is 6.49. The normalized spacial score (nSPS) is 18.0. The van der Waals surface area contributed by atoms with Crippen LogP contribution in [0.2, 0.25) is 0 Å². The van der Waals surface area contributed by atoms with Crippen molar-refractivity contribution in [3.63, 3.8) is 0 Å². The minimum Gasteiger partial charge on any atom is -0.311 e. The highest BCUT2D eigenvalue weighted by atomic mass is 14.9. The second-order valence-corrected chi connectivity index (χ2v) is 4.56. The number of nitrogens with one attached hydrogen (secondary N) is 1. The zero-order chi connectivity index (χ0) is 11.1. The molecule has 0 aromatic heterocycles. The fourth-order valence-corrected chi connectivity index (χ4v) is 2.30. The van der Waals surface area contributed by atoms with E-state index in [1.165, 1.54) is 37.7 Å². The molecule has 1 aliphatic rings. The minimum absolute atomic E-state index is 0.758. The lowest BCUT2D eigenvalue weighted by molar-refractivity contribution is 0.385. The van der Waals surface area contributed by atoms with Gasteiger partial charge in [0.1, 0.15) is 0 Å². The molecule has 1 aliphatic carbocycles. The Balaban J connectivity index is 1.69. The lowest BCUT2D eigenvalue weighted by Gasteiger charge is -2.21. The summed E-state index contributed by atoms with van der Waals surface area (Å²) in [6.07, 6.45) is 11.4. The summed E-state index contributed by atoms with van der Waals surface area (Å²) < 4.78 is 0. The number of hydrogen-bond donors (Lipinski definition) is 1. The molecule has 1 saturated carbocycles. The topological polar surface area (TPSA) is 12.0 Å². The first-order valence-electron chi connectivity index (χ1n) is 6.40. The Hall–Kier alpha value is -1.08. The maximum atomic E-state index is 3.61. The van der Waals surface area contributed by atoms with E-state index in [0.717, 1.165) is 12.6 Å². The van der Waals surface area contributed by atoms with E-state index >= 15 is 0 Å². The van der Waals surface area contributed by atoms with Gasteiger partial charge >= 0.3 is 0 Å². The third kappa shape index (κ3) is 3.82. The van der Waals surface area contributed by atoms with Crippen molar-refractivity contribution in [3.8, 4) is 0 Å². The van der Waals surface area contributed by atoms with Crippen molar-refractivity contribution >= 4 is 6.08 Å². The van der Waals surface area contributed by atoms with Crippen molar-refractivity contribution in [2.45, 2.75) is 38.1 Å². The zero-order valence-electron chi connectivity index (χ0n) is 9.86. The second-order valence-electron chi connectivity index (χ2n) is 4.56. The summed E-state index contributed by atoms with van der Waals surface area (Å²) in [6.45, 7) is 1.000. The van der Waals surface area contributed by atoms with E-state index in [1.807, 2.05) is 0 Å². The molecule has 16 heavy (non-hydrogen) atoms.